The van der Waals surface area contributed by atoms with Crippen molar-refractivity contribution in [2.75, 3.05) is 12.3 Å². The average Bonchev–Trinajstić information content (AvgIpc) is 3.25. The van der Waals surface area contributed by atoms with Crippen molar-refractivity contribution in [1.29, 1.82) is 10.5 Å². The van der Waals surface area contributed by atoms with Crippen LogP contribution in [0.2, 0.25) is 0 Å². The van der Waals surface area contributed by atoms with Crippen molar-refractivity contribution in [3.63, 3.8) is 0 Å². The zero-order valence-electron chi connectivity index (χ0n) is 14.1. The Balaban J connectivity index is 1.99. The summed E-state index contributed by atoms with van der Waals surface area (Å²) < 4.78 is 8.05. The number of nitriles is 2. The van der Waals surface area contributed by atoms with E-state index in [-0.39, 0.29) is 35.8 Å². The Labute approximate surface area is 163 Å². The molecule has 0 aliphatic rings. The van der Waals surface area contributed by atoms with Gasteiger partial charge < -0.3 is 15.3 Å². The lowest BCUT2D eigenvalue weighted by atomic mass is 10.1. The van der Waals surface area contributed by atoms with Gasteiger partial charge in [-0.15, -0.1) is 0 Å². The van der Waals surface area contributed by atoms with Gasteiger partial charge in [0.1, 0.15) is 40.7 Å². The molecule has 0 aliphatic heterocycles. The molecule has 0 atom stereocenters. The molecule has 2 aromatic heterocycles. The molecule has 0 spiro atoms. The van der Waals surface area contributed by atoms with Crippen LogP contribution in [0, 0.1) is 22.7 Å². The summed E-state index contributed by atoms with van der Waals surface area (Å²) in [6.45, 7) is -0.0514. The first-order valence-electron chi connectivity index (χ1n) is 7.92. The highest BCUT2D eigenvalue weighted by molar-refractivity contribution is 9.10. The number of hydrogen-bond donors (Lipinski definition) is 2. The number of aliphatic hydroxyl groups is 1. The molecular weight excluding hydrogens is 410 g/mol. The molecule has 134 valence electrons. The van der Waals surface area contributed by atoms with Gasteiger partial charge in [-0.05, 0) is 24.3 Å². The summed E-state index contributed by atoms with van der Waals surface area (Å²) in [4.78, 5) is 0. The first-order chi connectivity index (χ1) is 13.1. The molecule has 8 heteroatoms. The number of aliphatic hydroxyl groups excluding tert-OH is 1. The van der Waals surface area contributed by atoms with Crippen molar-refractivity contribution in [2.45, 2.75) is 6.54 Å². The van der Waals surface area contributed by atoms with Crippen molar-refractivity contribution in [2.24, 2.45) is 0 Å². The second kappa shape index (κ2) is 7.92. The Bertz CT molecular complexity index is 1080. The van der Waals surface area contributed by atoms with Crippen molar-refractivity contribution in [3.05, 3.63) is 57.9 Å². The van der Waals surface area contributed by atoms with Gasteiger partial charge in [-0.1, -0.05) is 28.1 Å². The van der Waals surface area contributed by atoms with E-state index in [4.69, 9.17) is 15.3 Å². The number of allylic oxidation sites excluding steroid dienone is 1. The van der Waals surface area contributed by atoms with Crippen LogP contribution < -0.4 is 5.73 Å². The number of halogens is 1. The van der Waals surface area contributed by atoms with Gasteiger partial charge >= 0.3 is 0 Å². The summed E-state index contributed by atoms with van der Waals surface area (Å²) in [5, 5.41) is 32.2. The van der Waals surface area contributed by atoms with Gasteiger partial charge in [-0.2, -0.15) is 15.6 Å². The van der Waals surface area contributed by atoms with Crippen LogP contribution in [0.25, 0.3) is 23.0 Å². The standard InChI is InChI=1S/C19H14BrN5O2/c20-14-3-1-12(2-4-14)17-6-5-15(27-17)9-13(10-21)18-16(11-22)19(23)25(24-18)7-8-26/h1-6,9,26H,7-8,23H2/b13-9-. The normalized spacial score (nSPS) is 11.2. The van der Waals surface area contributed by atoms with Crippen LogP contribution in [0.15, 0.2) is 45.3 Å². The largest absolute Gasteiger partial charge is 0.457 e. The third-order valence-electron chi connectivity index (χ3n) is 3.83. The van der Waals surface area contributed by atoms with Crippen LogP contribution in [-0.2, 0) is 6.54 Å². The van der Waals surface area contributed by atoms with Crippen LogP contribution in [0.1, 0.15) is 17.0 Å². The number of anilines is 1. The highest BCUT2D eigenvalue weighted by atomic mass is 79.9. The van der Waals surface area contributed by atoms with Crippen molar-refractivity contribution in [1.82, 2.24) is 9.78 Å². The third-order valence-corrected chi connectivity index (χ3v) is 4.36. The predicted octanol–water partition coefficient (Wildman–Crippen LogP) is 3.42. The number of nitrogen functional groups attached to an aromatic ring is 1. The third kappa shape index (κ3) is 3.77. The Morgan fingerprint density at radius 2 is 2.00 bits per heavy atom. The number of aromatic nitrogens is 2. The lowest BCUT2D eigenvalue weighted by Gasteiger charge is -1.98. The molecule has 3 aromatic rings. The number of hydrogen-bond acceptors (Lipinski definition) is 6. The minimum absolute atomic E-state index is 0.0935. The molecule has 0 fully saturated rings. The number of rotatable bonds is 5. The molecule has 3 rings (SSSR count). The van der Waals surface area contributed by atoms with Crippen molar-refractivity contribution >= 4 is 33.4 Å². The highest BCUT2D eigenvalue weighted by Gasteiger charge is 2.19. The summed E-state index contributed by atoms with van der Waals surface area (Å²) in [6.07, 6.45) is 1.51. The molecule has 0 aliphatic carbocycles. The van der Waals surface area contributed by atoms with E-state index >= 15 is 0 Å². The van der Waals surface area contributed by atoms with E-state index in [1.165, 1.54) is 10.8 Å². The molecule has 0 radical (unpaired) electrons. The van der Waals surface area contributed by atoms with Gasteiger partial charge in [-0.25, -0.2) is 4.68 Å². The molecule has 0 bridgehead atoms. The first kappa shape index (κ1) is 18.5. The molecule has 0 saturated heterocycles. The Hall–Kier alpha value is -3.33. The topological polar surface area (TPSA) is 125 Å². The molecule has 27 heavy (non-hydrogen) atoms. The maximum atomic E-state index is 9.53. The summed E-state index contributed by atoms with van der Waals surface area (Å²) in [7, 11) is 0. The fourth-order valence-electron chi connectivity index (χ4n) is 2.53. The Morgan fingerprint density at radius 3 is 2.63 bits per heavy atom. The maximum absolute atomic E-state index is 9.53. The van der Waals surface area contributed by atoms with Gasteiger partial charge in [0, 0.05) is 16.1 Å². The van der Waals surface area contributed by atoms with Crippen molar-refractivity contribution in [3.8, 4) is 23.5 Å². The quantitative estimate of drug-likeness (QED) is 0.605. The van der Waals surface area contributed by atoms with Gasteiger partial charge in [0.05, 0.1) is 18.7 Å². The van der Waals surface area contributed by atoms with Crippen LogP contribution in [0.3, 0.4) is 0 Å². The van der Waals surface area contributed by atoms with Crippen LogP contribution in [0.4, 0.5) is 5.82 Å². The van der Waals surface area contributed by atoms with Gasteiger partial charge in [0.2, 0.25) is 0 Å². The molecule has 3 N–H and O–H groups in total. The van der Waals surface area contributed by atoms with E-state index in [9.17, 15) is 10.5 Å². The van der Waals surface area contributed by atoms with E-state index < -0.39 is 0 Å². The fourth-order valence-corrected chi connectivity index (χ4v) is 2.80. The lowest BCUT2D eigenvalue weighted by molar-refractivity contribution is 0.270. The SMILES string of the molecule is N#C/C(=C/c1ccc(-c2ccc(Br)cc2)o1)c1nn(CCO)c(N)c1C#N. The van der Waals surface area contributed by atoms with E-state index in [2.05, 4.69) is 21.0 Å². The number of furan rings is 1. The molecular formula is C19H14BrN5O2. The number of benzene rings is 1. The molecule has 1 aromatic carbocycles. The van der Waals surface area contributed by atoms with E-state index in [0.717, 1.165) is 10.0 Å². The average molecular weight is 424 g/mol. The minimum atomic E-state index is -0.184. The zero-order chi connectivity index (χ0) is 19.4. The summed E-state index contributed by atoms with van der Waals surface area (Å²) in [5.41, 5.74) is 7.17. The van der Waals surface area contributed by atoms with Crippen LogP contribution in [0.5, 0.6) is 0 Å². The predicted molar refractivity (Wildman–Crippen MR) is 104 cm³/mol. The van der Waals surface area contributed by atoms with Gasteiger partial charge in [-0.3, -0.25) is 0 Å². The zero-order valence-corrected chi connectivity index (χ0v) is 15.6. The minimum Gasteiger partial charge on any atom is -0.457 e. The first-order valence-corrected chi connectivity index (χ1v) is 8.72. The van der Waals surface area contributed by atoms with Crippen LogP contribution >= 0.6 is 15.9 Å². The smallest absolute Gasteiger partial charge is 0.140 e. The van der Waals surface area contributed by atoms with E-state index in [0.29, 0.717) is 11.5 Å². The Kier molecular flexibility index (Phi) is 5.41. The number of nitrogens with two attached hydrogens (primary N) is 1. The number of nitrogens with zero attached hydrogens (tertiary/aromatic N) is 4. The highest BCUT2D eigenvalue weighted by Crippen LogP contribution is 2.28. The van der Waals surface area contributed by atoms with Crippen LogP contribution in [-0.4, -0.2) is 21.5 Å². The van der Waals surface area contributed by atoms with Crippen molar-refractivity contribution < 1.29 is 9.52 Å². The monoisotopic (exact) mass is 423 g/mol. The second-order valence-electron chi connectivity index (χ2n) is 5.55. The lowest BCUT2D eigenvalue weighted by Crippen LogP contribution is -2.07. The maximum Gasteiger partial charge on any atom is 0.140 e. The Morgan fingerprint density at radius 1 is 1.26 bits per heavy atom. The van der Waals surface area contributed by atoms with E-state index in [1.54, 1.807) is 12.1 Å². The molecule has 0 saturated carbocycles. The fraction of sp³-hybridized carbons (Fsp3) is 0.105. The van der Waals surface area contributed by atoms with E-state index in [1.807, 2.05) is 36.4 Å². The molecule has 2 heterocycles. The van der Waals surface area contributed by atoms with Gasteiger partial charge in [0.25, 0.3) is 0 Å². The molecule has 0 amide bonds. The second-order valence-corrected chi connectivity index (χ2v) is 6.46. The molecule has 0 unspecified atom stereocenters. The summed E-state index contributed by atoms with van der Waals surface area (Å²) in [5.74, 6) is 1.21. The summed E-state index contributed by atoms with van der Waals surface area (Å²) in [6, 6.07) is 15.2. The van der Waals surface area contributed by atoms with Gasteiger partial charge in [0.15, 0.2) is 0 Å². The summed E-state index contributed by atoms with van der Waals surface area (Å²) >= 11 is 3.39. The molecule has 7 nitrogen and oxygen atoms in total.